The molecule has 2 aromatic rings. The minimum atomic E-state index is 0.0771. The summed E-state index contributed by atoms with van der Waals surface area (Å²) < 4.78 is 10.2. The Morgan fingerprint density at radius 2 is 2.06 bits per heavy atom. The smallest absolute Gasteiger partial charge is 0.329 e. The molecule has 0 fully saturated rings. The van der Waals surface area contributed by atoms with Gasteiger partial charge in [0, 0.05) is 5.56 Å². The van der Waals surface area contributed by atoms with Crippen molar-refractivity contribution >= 4 is 6.01 Å². The molecule has 0 aliphatic rings. The normalized spacial score (nSPS) is 9.50. The zero-order valence-electron chi connectivity index (χ0n) is 8.47. The predicted octanol–water partition coefficient (Wildman–Crippen LogP) is 1.64. The maximum absolute atomic E-state index is 8.36. The molecule has 0 unspecified atom stereocenters. The van der Waals surface area contributed by atoms with E-state index >= 15 is 0 Å². The van der Waals surface area contributed by atoms with E-state index in [0.717, 1.165) is 11.3 Å². The van der Waals surface area contributed by atoms with Gasteiger partial charge in [0.2, 0.25) is 5.89 Å². The fourth-order valence-corrected chi connectivity index (χ4v) is 1.17. The van der Waals surface area contributed by atoms with E-state index in [0.29, 0.717) is 5.89 Å². The number of aromatic nitrogens is 2. The fraction of sp³-hybridized carbons (Fsp3) is 0.100. The molecule has 80 valence electrons. The summed E-state index contributed by atoms with van der Waals surface area (Å²) in [5.41, 5.74) is 0.763. The van der Waals surface area contributed by atoms with Crippen molar-refractivity contribution in [2.45, 2.75) is 0 Å². The van der Waals surface area contributed by atoms with E-state index in [1.165, 1.54) is 0 Å². The molecule has 0 spiro atoms. The molecule has 0 atom stereocenters. The maximum Gasteiger partial charge on any atom is 0.329 e. The second kappa shape index (κ2) is 4.31. The van der Waals surface area contributed by atoms with Crippen LogP contribution in [0.5, 0.6) is 5.75 Å². The molecule has 0 saturated heterocycles. The predicted molar refractivity (Wildman–Crippen MR) is 55.5 cm³/mol. The van der Waals surface area contributed by atoms with Crippen LogP contribution < -0.4 is 10.1 Å². The van der Waals surface area contributed by atoms with Gasteiger partial charge in [-0.05, 0) is 24.3 Å². The minimum absolute atomic E-state index is 0.0771. The summed E-state index contributed by atoms with van der Waals surface area (Å²) in [4.78, 5) is 0. The number of hydrogen-bond donors (Lipinski definition) is 1. The van der Waals surface area contributed by atoms with E-state index in [-0.39, 0.29) is 6.01 Å². The SMILES string of the molecule is COc1ccc(-c2nnc(NC#N)o2)cc1. The Bertz CT molecular complexity index is 512. The van der Waals surface area contributed by atoms with Gasteiger partial charge in [-0.1, -0.05) is 5.10 Å². The highest BCUT2D eigenvalue weighted by atomic mass is 16.5. The van der Waals surface area contributed by atoms with Crippen LogP contribution in [0.2, 0.25) is 0 Å². The largest absolute Gasteiger partial charge is 0.497 e. The van der Waals surface area contributed by atoms with Crippen molar-refractivity contribution in [1.29, 1.82) is 5.26 Å². The Labute approximate surface area is 91.5 Å². The lowest BCUT2D eigenvalue weighted by Gasteiger charge is -1.98. The van der Waals surface area contributed by atoms with Gasteiger partial charge in [-0.3, -0.25) is 0 Å². The van der Waals surface area contributed by atoms with Gasteiger partial charge in [0.1, 0.15) is 5.75 Å². The zero-order valence-corrected chi connectivity index (χ0v) is 8.47. The van der Waals surface area contributed by atoms with Gasteiger partial charge in [-0.25, -0.2) is 5.32 Å². The standard InChI is InChI=1S/C10H8N4O2/c1-15-8-4-2-7(3-5-8)9-13-14-10(16-9)12-6-11/h2-5H,1H3,(H,12,14). The molecule has 0 radical (unpaired) electrons. The summed E-state index contributed by atoms with van der Waals surface area (Å²) in [5.74, 6) is 1.10. The Morgan fingerprint density at radius 3 is 2.69 bits per heavy atom. The third-order valence-corrected chi connectivity index (χ3v) is 1.92. The van der Waals surface area contributed by atoms with Crippen LogP contribution in [0.4, 0.5) is 6.01 Å². The van der Waals surface area contributed by atoms with Gasteiger partial charge in [0.25, 0.3) is 0 Å². The van der Waals surface area contributed by atoms with Gasteiger partial charge < -0.3 is 9.15 Å². The summed E-state index contributed by atoms with van der Waals surface area (Å²) >= 11 is 0. The molecule has 0 bridgehead atoms. The van der Waals surface area contributed by atoms with Crippen LogP contribution in [0, 0.1) is 11.5 Å². The lowest BCUT2D eigenvalue weighted by atomic mass is 10.2. The van der Waals surface area contributed by atoms with Crippen molar-refractivity contribution in [3.05, 3.63) is 24.3 Å². The monoisotopic (exact) mass is 216 g/mol. The van der Waals surface area contributed by atoms with Crippen LogP contribution in [0.15, 0.2) is 28.7 Å². The first kappa shape index (κ1) is 9.98. The molecule has 1 aromatic carbocycles. The van der Waals surface area contributed by atoms with Gasteiger partial charge in [-0.15, -0.1) is 5.10 Å². The van der Waals surface area contributed by atoms with Crippen LogP contribution >= 0.6 is 0 Å². The third-order valence-electron chi connectivity index (χ3n) is 1.92. The zero-order chi connectivity index (χ0) is 11.4. The topological polar surface area (TPSA) is 84.0 Å². The number of nitrogens with one attached hydrogen (secondary N) is 1. The molecule has 16 heavy (non-hydrogen) atoms. The number of anilines is 1. The fourth-order valence-electron chi connectivity index (χ4n) is 1.17. The Hall–Kier alpha value is -2.55. The molecule has 1 heterocycles. The first-order valence-electron chi connectivity index (χ1n) is 4.46. The van der Waals surface area contributed by atoms with Crippen molar-refractivity contribution in [1.82, 2.24) is 10.2 Å². The van der Waals surface area contributed by atoms with Gasteiger partial charge >= 0.3 is 6.01 Å². The van der Waals surface area contributed by atoms with Gasteiger partial charge in [-0.2, -0.15) is 5.26 Å². The summed E-state index contributed by atoms with van der Waals surface area (Å²) in [6.45, 7) is 0. The minimum Gasteiger partial charge on any atom is -0.497 e. The summed E-state index contributed by atoms with van der Waals surface area (Å²) in [7, 11) is 1.59. The number of methoxy groups -OCH3 is 1. The lowest BCUT2D eigenvalue weighted by molar-refractivity contribution is 0.415. The average molecular weight is 216 g/mol. The van der Waals surface area contributed by atoms with Crippen LogP contribution in [0.25, 0.3) is 11.5 Å². The number of hydrogen-bond acceptors (Lipinski definition) is 6. The van der Waals surface area contributed by atoms with Crippen LogP contribution in [-0.4, -0.2) is 17.3 Å². The van der Waals surface area contributed by atoms with E-state index in [4.69, 9.17) is 14.4 Å². The second-order valence-corrected chi connectivity index (χ2v) is 2.88. The molecule has 6 nitrogen and oxygen atoms in total. The Balaban J connectivity index is 2.25. The van der Waals surface area contributed by atoms with Crippen LogP contribution in [-0.2, 0) is 0 Å². The molecule has 1 aromatic heterocycles. The summed E-state index contributed by atoms with van der Waals surface area (Å²) in [5, 5.41) is 18.1. The van der Waals surface area contributed by atoms with E-state index in [1.54, 1.807) is 37.6 Å². The molecular weight excluding hydrogens is 208 g/mol. The number of nitrogens with zero attached hydrogens (tertiary/aromatic N) is 3. The quantitative estimate of drug-likeness (QED) is 0.620. The number of nitriles is 1. The van der Waals surface area contributed by atoms with Crippen molar-refractivity contribution in [3.8, 4) is 23.4 Å². The summed E-state index contributed by atoms with van der Waals surface area (Å²) in [6, 6.07) is 7.24. The van der Waals surface area contributed by atoms with Gasteiger partial charge in [0.05, 0.1) is 7.11 Å². The first-order chi connectivity index (χ1) is 7.83. The van der Waals surface area contributed by atoms with Crippen LogP contribution in [0.1, 0.15) is 0 Å². The molecule has 0 amide bonds. The van der Waals surface area contributed by atoms with E-state index < -0.39 is 0 Å². The molecule has 0 aliphatic carbocycles. The summed E-state index contributed by atoms with van der Waals surface area (Å²) in [6.07, 6.45) is 1.70. The van der Waals surface area contributed by atoms with E-state index in [1.807, 2.05) is 0 Å². The van der Waals surface area contributed by atoms with Crippen molar-refractivity contribution in [2.75, 3.05) is 12.4 Å². The Morgan fingerprint density at radius 1 is 1.31 bits per heavy atom. The number of ether oxygens (including phenoxy) is 1. The van der Waals surface area contributed by atoms with Crippen molar-refractivity contribution < 1.29 is 9.15 Å². The molecule has 0 saturated carbocycles. The number of rotatable bonds is 3. The number of benzene rings is 1. The second-order valence-electron chi connectivity index (χ2n) is 2.88. The molecule has 0 aliphatic heterocycles. The van der Waals surface area contributed by atoms with E-state index in [9.17, 15) is 0 Å². The lowest BCUT2D eigenvalue weighted by Crippen LogP contribution is -1.85. The van der Waals surface area contributed by atoms with Crippen molar-refractivity contribution in [2.24, 2.45) is 0 Å². The average Bonchev–Trinajstić information content (AvgIpc) is 2.78. The van der Waals surface area contributed by atoms with Gasteiger partial charge in [0.15, 0.2) is 6.19 Å². The third kappa shape index (κ3) is 1.93. The molecule has 1 N–H and O–H groups in total. The maximum atomic E-state index is 8.36. The first-order valence-corrected chi connectivity index (χ1v) is 4.46. The highest BCUT2D eigenvalue weighted by Crippen LogP contribution is 2.22. The van der Waals surface area contributed by atoms with Crippen molar-refractivity contribution in [3.63, 3.8) is 0 Å². The van der Waals surface area contributed by atoms with Crippen LogP contribution in [0.3, 0.4) is 0 Å². The molecule has 2 rings (SSSR count). The molecule has 6 heteroatoms. The van der Waals surface area contributed by atoms with E-state index in [2.05, 4.69) is 15.5 Å². The molecular formula is C10H8N4O2. The highest BCUT2D eigenvalue weighted by molar-refractivity contribution is 5.54. The highest BCUT2D eigenvalue weighted by Gasteiger charge is 2.07. The Kier molecular flexibility index (Phi) is 2.69.